The Hall–Kier alpha value is -3.50. The number of hydrazone groups is 1. The fraction of sp³-hybridized carbons (Fsp3) is 0.200. The van der Waals surface area contributed by atoms with Crippen LogP contribution < -0.4 is 19.2 Å². The van der Waals surface area contributed by atoms with Crippen molar-refractivity contribution in [2.45, 2.75) is 16.7 Å². The van der Waals surface area contributed by atoms with Crippen LogP contribution in [0.2, 0.25) is 0 Å². The van der Waals surface area contributed by atoms with Crippen molar-refractivity contribution in [2.75, 3.05) is 31.3 Å². The molecule has 0 unspecified atom stereocenters. The van der Waals surface area contributed by atoms with Crippen LogP contribution in [0.3, 0.4) is 0 Å². The van der Waals surface area contributed by atoms with Crippen molar-refractivity contribution in [3.63, 3.8) is 0 Å². The number of hydrogen-bond donors (Lipinski definition) is 1. The fourth-order valence-corrected chi connectivity index (χ4v) is 4.99. The fourth-order valence-electron chi connectivity index (χ4n) is 3.17. The lowest BCUT2D eigenvalue weighted by Crippen LogP contribution is -2.39. The lowest BCUT2D eigenvalue weighted by molar-refractivity contribution is -0.119. The quantitative estimate of drug-likeness (QED) is 0.249. The molecule has 35 heavy (non-hydrogen) atoms. The van der Waals surface area contributed by atoms with E-state index in [1.807, 2.05) is 37.4 Å². The largest absolute Gasteiger partial charge is 0.493 e. The number of carbonyl (C=O) groups excluding carboxylic acids is 1. The number of benzene rings is 3. The standard InChI is InChI=1S/C25H27N3O5S2/c1-18-5-12-22(13-6-18)35(30,31)28(20-9-14-23(32-2)24(15-20)33-3)17-25(29)27-26-16-19-7-10-21(34-4)11-8-19/h5-16H,17H2,1-4H3,(H,27,29)/b26-16-. The summed E-state index contributed by atoms with van der Waals surface area (Å²) in [6, 6.07) is 18.7. The molecule has 10 heteroatoms. The summed E-state index contributed by atoms with van der Waals surface area (Å²) < 4.78 is 38.6. The minimum absolute atomic E-state index is 0.0584. The zero-order valence-electron chi connectivity index (χ0n) is 19.9. The Bertz CT molecular complexity index is 1290. The number of methoxy groups -OCH3 is 2. The van der Waals surface area contributed by atoms with E-state index in [4.69, 9.17) is 9.47 Å². The summed E-state index contributed by atoms with van der Waals surface area (Å²) >= 11 is 1.62. The average Bonchev–Trinajstić information content (AvgIpc) is 2.87. The zero-order valence-corrected chi connectivity index (χ0v) is 21.5. The van der Waals surface area contributed by atoms with Gasteiger partial charge in [0.05, 0.1) is 31.0 Å². The molecular formula is C25H27N3O5S2. The number of thioether (sulfide) groups is 1. The summed E-state index contributed by atoms with van der Waals surface area (Å²) in [5.41, 5.74) is 4.37. The first-order valence-corrected chi connectivity index (χ1v) is 13.2. The summed E-state index contributed by atoms with van der Waals surface area (Å²) in [5.74, 6) is 0.166. The van der Waals surface area contributed by atoms with Crippen molar-refractivity contribution in [1.29, 1.82) is 0 Å². The van der Waals surface area contributed by atoms with Gasteiger partial charge in [-0.15, -0.1) is 11.8 Å². The van der Waals surface area contributed by atoms with Crippen molar-refractivity contribution >= 4 is 39.6 Å². The molecule has 0 bridgehead atoms. The van der Waals surface area contributed by atoms with Crippen LogP contribution in [0.25, 0.3) is 0 Å². The van der Waals surface area contributed by atoms with Crippen LogP contribution in [0.4, 0.5) is 5.69 Å². The van der Waals surface area contributed by atoms with Gasteiger partial charge in [-0.2, -0.15) is 5.10 Å². The van der Waals surface area contributed by atoms with Crippen molar-refractivity contribution in [2.24, 2.45) is 5.10 Å². The van der Waals surface area contributed by atoms with Gasteiger partial charge in [-0.1, -0.05) is 29.8 Å². The number of ether oxygens (including phenoxy) is 2. The van der Waals surface area contributed by atoms with Crippen molar-refractivity contribution in [1.82, 2.24) is 5.43 Å². The van der Waals surface area contributed by atoms with Gasteiger partial charge in [0.2, 0.25) is 0 Å². The number of sulfonamides is 1. The van der Waals surface area contributed by atoms with Crippen LogP contribution in [-0.2, 0) is 14.8 Å². The second kappa shape index (κ2) is 11.8. The second-order valence-electron chi connectivity index (χ2n) is 7.43. The van der Waals surface area contributed by atoms with Crippen LogP contribution in [0.5, 0.6) is 11.5 Å². The molecule has 1 amide bonds. The highest BCUT2D eigenvalue weighted by Crippen LogP contribution is 2.33. The molecule has 0 atom stereocenters. The molecule has 0 aliphatic heterocycles. The predicted molar refractivity (Wildman–Crippen MR) is 139 cm³/mol. The molecule has 0 saturated carbocycles. The highest BCUT2D eigenvalue weighted by atomic mass is 32.2. The third-order valence-corrected chi connectivity index (χ3v) is 7.60. The van der Waals surface area contributed by atoms with Gasteiger partial charge in [0.1, 0.15) is 6.54 Å². The third kappa shape index (κ3) is 6.55. The number of nitrogens with zero attached hydrogens (tertiary/aromatic N) is 2. The van der Waals surface area contributed by atoms with Crippen LogP contribution in [0.1, 0.15) is 11.1 Å². The van der Waals surface area contributed by atoms with Gasteiger partial charge in [0.25, 0.3) is 15.9 Å². The van der Waals surface area contributed by atoms with Crippen LogP contribution in [0, 0.1) is 6.92 Å². The van der Waals surface area contributed by atoms with E-state index in [1.54, 1.807) is 36.0 Å². The highest BCUT2D eigenvalue weighted by molar-refractivity contribution is 7.98. The Morgan fingerprint density at radius 3 is 2.26 bits per heavy atom. The second-order valence-corrected chi connectivity index (χ2v) is 10.2. The first kappa shape index (κ1) is 26.1. The lowest BCUT2D eigenvalue weighted by Gasteiger charge is -2.24. The van der Waals surface area contributed by atoms with Crippen LogP contribution in [-0.4, -0.2) is 47.6 Å². The normalized spacial score (nSPS) is 11.3. The van der Waals surface area contributed by atoms with Gasteiger partial charge in [-0.05, 0) is 55.1 Å². The van der Waals surface area contributed by atoms with Gasteiger partial charge in [0.15, 0.2) is 11.5 Å². The Balaban J connectivity index is 1.88. The Kier molecular flexibility index (Phi) is 8.78. The molecule has 0 spiro atoms. The topological polar surface area (TPSA) is 97.3 Å². The Labute approximate surface area is 210 Å². The van der Waals surface area contributed by atoms with Crippen LogP contribution in [0.15, 0.2) is 81.6 Å². The first-order chi connectivity index (χ1) is 16.8. The molecule has 3 rings (SSSR count). The van der Waals surface area contributed by atoms with Gasteiger partial charge in [-0.3, -0.25) is 9.10 Å². The summed E-state index contributed by atoms with van der Waals surface area (Å²) in [7, 11) is -1.14. The monoisotopic (exact) mass is 513 g/mol. The maximum atomic E-state index is 13.5. The van der Waals surface area contributed by atoms with Gasteiger partial charge >= 0.3 is 0 Å². The molecule has 0 saturated heterocycles. The predicted octanol–water partition coefficient (Wildman–Crippen LogP) is 4.08. The number of nitrogens with one attached hydrogen (secondary N) is 1. The summed E-state index contributed by atoms with van der Waals surface area (Å²) in [5, 5.41) is 3.97. The first-order valence-electron chi connectivity index (χ1n) is 10.6. The SMILES string of the molecule is COc1ccc(N(CC(=O)N/N=C\c2ccc(SC)cc2)S(=O)(=O)c2ccc(C)cc2)cc1OC. The zero-order chi connectivity index (χ0) is 25.4. The van der Waals surface area contributed by atoms with Gasteiger partial charge in [-0.25, -0.2) is 13.8 Å². The van der Waals surface area contributed by atoms with Crippen LogP contribution >= 0.6 is 11.8 Å². The number of aryl methyl sites for hydroxylation is 1. The number of rotatable bonds is 10. The number of amides is 1. The molecule has 3 aromatic carbocycles. The van der Waals surface area contributed by atoms with Crippen molar-refractivity contribution in [3.8, 4) is 11.5 Å². The van der Waals surface area contributed by atoms with Crippen molar-refractivity contribution < 1.29 is 22.7 Å². The smallest absolute Gasteiger partial charge is 0.264 e. The van der Waals surface area contributed by atoms with E-state index in [-0.39, 0.29) is 10.6 Å². The Morgan fingerprint density at radius 1 is 1.00 bits per heavy atom. The van der Waals surface area contributed by atoms with Gasteiger partial charge in [0, 0.05) is 11.0 Å². The molecule has 0 aromatic heterocycles. The maximum absolute atomic E-state index is 13.5. The highest BCUT2D eigenvalue weighted by Gasteiger charge is 2.28. The molecular weight excluding hydrogens is 486 g/mol. The maximum Gasteiger partial charge on any atom is 0.264 e. The number of anilines is 1. The summed E-state index contributed by atoms with van der Waals surface area (Å²) in [6.45, 7) is 1.37. The molecule has 8 nitrogen and oxygen atoms in total. The molecule has 0 radical (unpaired) electrons. The summed E-state index contributed by atoms with van der Waals surface area (Å²) in [6.07, 6.45) is 3.48. The van der Waals surface area contributed by atoms with E-state index in [1.165, 1.54) is 38.6 Å². The summed E-state index contributed by atoms with van der Waals surface area (Å²) in [4.78, 5) is 13.9. The van der Waals surface area contributed by atoms with E-state index in [2.05, 4.69) is 10.5 Å². The molecule has 0 heterocycles. The Morgan fingerprint density at radius 2 is 1.66 bits per heavy atom. The number of carbonyl (C=O) groups is 1. The molecule has 1 N–H and O–H groups in total. The van der Waals surface area contributed by atoms with E-state index in [9.17, 15) is 13.2 Å². The minimum atomic E-state index is -4.07. The third-order valence-electron chi connectivity index (χ3n) is 5.07. The van der Waals surface area contributed by atoms with E-state index >= 15 is 0 Å². The lowest BCUT2D eigenvalue weighted by atomic mass is 10.2. The van der Waals surface area contributed by atoms with Gasteiger partial charge < -0.3 is 9.47 Å². The van der Waals surface area contributed by atoms with E-state index in [0.717, 1.165) is 20.3 Å². The molecule has 0 aliphatic carbocycles. The molecule has 184 valence electrons. The minimum Gasteiger partial charge on any atom is -0.493 e. The van der Waals surface area contributed by atoms with Crippen molar-refractivity contribution in [3.05, 3.63) is 77.9 Å². The molecule has 0 aliphatic rings. The molecule has 0 fully saturated rings. The average molecular weight is 514 g/mol. The molecule has 3 aromatic rings. The van der Waals surface area contributed by atoms with E-state index < -0.39 is 22.5 Å². The van der Waals surface area contributed by atoms with E-state index in [0.29, 0.717) is 11.5 Å². The number of hydrogen-bond acceptors (Lipinski definition) is 7.